The quantitative estimate of drug-likeness (QED) is 0.579. The van der Waals surface area contributed by atoms with Gasteiger partial charge in [-0.2, -0.15) is 0 Å². The largest absolute Gasteiger partial charge is 0.380 e. The molecule has 0 bridgehead atoms. The summed E-state index contributed by atoms with van der Waals surface area (Å²) in [7, 11) is 0. The Labute approximate surface area is 95.6 Å². The summed E-state index contributed by atoms with van der Waals surface area (Å²) in [5, 5.41) is 0. The molecule has 0 atom stereocenters. The van der Waals surface area contributed by atoms with Crippen LogP contribution in [0.2, 0.25) is 0 Å². The first-order valence-electron chi connectivity index (χ1n) is 5.60. The first kappa shape index (κ1) is 11.3. The summed E-state index contributed by atoms with van der Waals surface area (Å²) >= 11 is 0. The molecule has 5 heteroatoms. The fourth-order valence-corrected chi connectivity index (χ4v) is 1.82. The molecule has 0 aliphatic carbocycles. The summed E-state index contributed by atoms with van der Waals surface area (Å²) in [6.45, 7) is 4.73. The Bertz CT molecular complexity index is 306. The number of aromatic nitrogens is 1. The van der Waals surface area contributed by atoms with E-state index in [0.717, 1.165) is 39.3 Å². The number of nitrogens with one attached hydrogen (secondary N) is 1. The predicted octanol–water partition coefficient (Wildman–Crippen LogP) is 0.589. The molecule has 2 rings (SSSR count). The van der Waals surface area contributed by atoms with Crippen molar-refractivity contribution in [3.63, 3.8) is 0 Å². The molecule has 0 radical (unpaired) electrons. The van der Waals surface area contributed by atoms with E-state index >= 15 is 0 Å². The van der Waals surface area contributed by atoms with Crippen molar-refractivity contribution in [2.24, 2.45) is 5.84 Å². The van der Waals surface area contributed by atoms with Crippen molar-refractivity contribution in [2.75, 3.05) is 31.7 Å². The van der Waals surface area contributed by atoms with E-state index in [-0.39, 0.29) is 0 Å². The summed E-state index contributed by atoms with van der Waals surface area (Å²) in [6, 6.07) is 3.94. The minimum Gasteiger partial charge on any atom is -0.380 e. The summed E-state index contributed by atoms with van der Waals surface area (Å²) in [6.07, 6.45) is 2.97. The third kappa shape index (κ3) is 3.16. The number of nitrogen functional groups attached to an aromatic ring is 1. The fourth-order valence-electron chi connectivity index (χ4n) is 1.82. The van der Waals surface area contributed by atoms with E-state index in [1.807, 2.05) is 18.3 Å². The van der Waals surface area contributed by atoms with Crippen LogP contribution < -0.4 is 11.3 Å². The van der Waals surface area contributed by atoms with Gasteiger partial charge in [-0.3, -0.25) is 4.90 Å². The molecule has 0 aromatic carbocycles. The van der Waals surface area contributed by atoms with Gasteiger partial charge in [-0.05, 0) is 18.1 Å². The number of pyridine rings is 1. The number of hydrazine groups is 1. The first-order valence-corrected chi connectivity index (χ1v) is 5.60. The van der Waals surface area contributed by atoms with Crippen molar-refractivity contribution in [3.05, 3.63) is 23.9 Å². The average molecular weight is 222 g/mol. The van der Waals surface area contributed by atoms with Gasteiger partial charge < -0.3 is 10.2 Å². The molecule has 0 saturated carbocycles. The molecule has 16 heavy (non-hydrogen) atoms. The van der Waals surface area contributed by atoms with Crippen LogP contribution in [0.4, 0.5) is 5.82 Å². The normalized spacial score (nSPS) is 18.1. The van der Waals surface area contributed by atoms with Crippen LogP contribution >= 0.6 is 0 Å². The van der Waals surface area contributed by atoms with Crippen LogP contribution in [0.25, 0.3) is 0 Å². The lowest BCUT2D eigenvalue weighted by Gasteiger charge is -2.18. The smallest absolute Gasteiger partial charge is 0.139 e. The molecular formula is C11H18N4O. The highest BCUT2D eigenvalue weighted by molar-refractivity contribution is 5.33. The molecule has 1 fully saturated rings. The zero-order valence-corrected chi connectivity index (χ0v) is 9.35. The van der Waals surface area contributed by atoms with Gasteiger partial charge in [0.05, 0.1) is 6.61 Å². The lowest BCUT2D eigenvalue weighted by atomic mass is 10.2. The van der Waals surface area contributed by atoms with E-state index < -0.39 is 0 Å². The third-order valence-electron chi connectivity index (χ3n) is 2.69. The lowest BCUT2D eigenvalue weighted by molar-refractivity contribution is 0.140. The van der Waals surface area contributed by atoms with E-state index in [1.54, 1.807) is 0 Å². The van der Waals surface area contributed by atoms with Crippen LogP contribution in [0.3, 0.4) is 0 Å². The van der Waals surface area contributed by atoms with Gasteiger partial charge in [0.2, 0.25) is 0 Å². The first-order chi connectivity index (χ1) is 7.88. The number of nitrogens with two attached hydrogens (primary N) is 1. The lowest BCUT2D eigenvalue weighted by Crippen LogP contribution is -2.25. The Hall–Kier alpha value is -1.17. The Balaban J connectivity index is 1.91. The second-order valence-corrected chi connectivity index (χ2v) is 3.94. The molecule has 1 saturated heterocycles. The molecule has 2 heterocycles. The standard InChI is InChI=1S/C11H18N4O/c12-14-11-3-2-10(8-13-11)9-15-4-1-6-16-7-5-15/h2-3,8H,1,4-7,9,12H2,(H,13,14). The minimum absolute atomic E-state index is 0.697. The van der Waals surface area contributed by atoms with E-state index in [2.05, 4.69) is 15.3 Å². The van der Waals surface area contributed by atoms with Gasteiger partial charge >= 0.3 is 0 Å². The number of ether oxygens (including phenoxy) is 1. The molecule has 0 spiro atoms. The summed E-state index contributed by atoms with van der Waals surface area (Å²) in [4.78, 5) is 6.58. The van der Waals surface area contributed by atoms with Crippen LogP contribution in [0.15, 0.2) is 18.3 Å². The van der Waals surface area contributed by atoms with Crippen molar-refractivity contribution < 1.29 is 4.74 Å². The number of hydrogen-bond acceptors (Lipinski definition) is 5. The van der Waals surface area contributed by atoms with Crippen molar-refractivity contribution in [1.29, 1.82) is 0 Å². The van der Waals surface area contributed by atoms with Crippen LogP contribution in [0.5, 0.6) is 0 Å². The molecule has 1 aliphatic heterocycles. The van der Waals surface area contributed by atoms with E-state index in [4.69, 9.17) is 10.6 Å². The Morgan fingerprint density at radius 3 is 3.06 bits per heavy atom. The summed E-state index contributed by atoms with van der Waals surface area (Å²) in [5.41, 5.74) is 3.73. The maximum Gasteiger partial charge on any atom is 0.139 e. The van der Waals surface area contributed by atoms with E-state index in [1.165, 1.54) is 5.56 Å². The summed E-state index contributed by atoms with van der Waals surface area (Å²) in [5.74, 6) is 5.96. The summed E-state index contributed by atoms with van der Waals surface area (Å²) < 4.78 is 5.42. The van der Waals surface area contributed by atoms with Gasteiger partial charge in [0, 0.05) is 32.4 Å². The van der Waals surface area contributed by atoms with Crippen LogP contribution in [-0.4, -0.2) is 36.2 Å². The second kappa shape index (κ2) is 5.79. The van der Waals surface area contributed by atoms with Gasteiger partial charge in [0.15, 0.2) is 0 Å². The molecule has 3 N–H and O–H groups in total. The average Bonchev–Trinajstić information content (AvgIpc) is 2.59. The zero-order chi connectivity index (χ0) is 11.2. The van der Waals surface area contributed by atoms with Gasteiger partial charge in [0.1, 0.15) is 5.82 Å². The predicted molar refractivity (Wildman–Crippen MR) is 62.8 cm³/mol. The van der Waals surface area contributed by atoms with Gasteiger partial charge in [-0.1, -0.05) is 6.07 Å². The van der Waals surface area contributed by atoms with Crippen molar-refractivity contribution in [3.8, 4) is 0 Å². The topological polar surface area (TPSA) is 63.4 Å². The van der Waals surface area contributed by atoms with Gasteiger partial charge in [-0.15, -0.1) is 0 Å². The Morgan fingerprint density at radius 2 is 2.31 bits per heavy atom. The maximum absolute atomic E-state index is 5.42. The van der Waals surface area contributed by atoms with Crippen molar-refractivity contribution in [1.82, 2.24) is 9.88 Å². The number of rotatable bonds is 3. The highest BCUT2D eigenvalue weighted by Crippen LogP contribution is 2.08. The highest BCUT2D eigenvalue weighted by atomic mass is 16.5. The minimum atomic E-state index is 0.697. The third-order valence-corrected chi connectivity index (χ3v) is 2.69. The molecule has 1 aromatic heterocycles. The molecule has 1 aromatic rings. The number of hydrogen-bond donors (Lipinski definition) is 2. The second-order valence-electron chi connectivity index (χ2n) is 3.94. The van der Waals surface area contributed by atoms with Crippen LogP contribution in [0.1, 0.15) is 12.0 Å². The Morgan fingerprint density at radius 1 is 1.38 bits per heavy atom. The highest BCUT2D eigenvalue weighted by Gasteiger charge is 2.09. The van der Waals surface area contributed by atoms with Gasteiger partial charge in [0.25, 0.3) is 0 Å². The van der Waals surface area contributed by atoms with Crippen LogP contribution in [-0.2, 0) is 11.3 Å². The molecule has 5 nitrogen and oxygen atoms in total. The van der Waals surface area contributed by atoms with Crippen molar-refractivity contribution >= 4 is 5.82 Å². The van der Waals surface area contributed by atoms with Crippen molar-refractivity contribution in [2.45, 2.75) is 13.0 Å². The fraction of sp³-hybridized carbons (Fsp3) is 0.545. The SMILES string of the molecule is NNc1ccc(CN2CCCOCC2)cn1. The van der Waals surface area contributed by atoms with E-state index in [9.17, 15) is 0 Å². The molecular weight excluding hydrogens is 204 g/mol. The van der Waals surface area contributed by atoms with E-state index in [0.29, 0.717) is 5.82 Å². The number of anilines is 1. The van der Waals surface area contributed by atoms with Gasteiger partial charge in [-0.25, -0.2) is 10.8 Å². The molecule has 1 aliphatic rings. The van der Waals surface area contributed by atoms with Crippen LogP contribution in [0, 0.1) is 0 Å². The monoisotopic (exact) mass is 222 g/mol. The Kier molecular flexibility index (Phi) is 4.10. The maximum atomic E-state index is 5.42. The molecule has 0 amide bonds. The molecule has 88 valence electrons. The molecule has 0 unspecified atom stereocenters. The zero-order valence-electron chi connectivity index (χ0n) is 9.35. The number of nitrogens with zero attached hydrogens (tertiary/aromatic N) is 2.